The fraction of sp³-hybridized carbons (Fsp3) is 0.300. The first kappa shape index (κ1) is 20.0. The van der Waals surface area contributed by atoms with Crippen molar-refractivity contribution in [2.75, 3.05) is 19.4 Å². The maximum Gasteiger partial charge on any atom is 0.224 e. The zero-order valence-corrected chi connectivity index (χ0v) is 15.7. The van der Waals surface area contributed by atoms with Crippen molar-refractivity contribution in [2.45, 2.75) is 24.7 Å². The van der Waals surface area contributed by atoms with Gasteiger partial charge in [-0.2, -0.15) is 0 Å². The first-order valence-electron chi connectivity index (χ1n) is 8.32. The fourth-order valence-corrected chi connectivity index (χ4v) is 3.24. The highest BCUT2D eigenvalue weighted by Gasteiger charge is 2.11. The molecule has 2 aromatic carbocycles. The van der Waals surface area contributed by atoms with Gasteiger partial charge in [-0.1, -0.05) is 0 Å². The van der Waals surface area contributed by atoms with Crippen molar-refractivity contribution >= 4 is 23.5 Å². The molecule has 0 aliphatic carbocycles. The minimum Gasteiger partial charge on any atom is -0.496 e. The van der Waals surface area contributed by atoms with Crippen LogP contribution in [0.15, 0.2) is 47.4 Å². The van der Waals surface area contributed by atoms with E-state index in [1.807, 2.05) is 0 Å². The van der Waals surface area contributed by atoms with Crippen LogP contribution in [0.5, 0.6) is 5.75 Å². The summed E-state index contributed by atoms with van der Waals surface area (Å²) >= 11 is 1.62. The summed E-state index contributed by atoms with van der Waals surface area (Å²) in [5, 5.41) is 2.87. The first-order chi connectivity index (χ1) is 12.5. The summed E-state index contributed by atoms with van der Waals surface area (Å²) in [7, 11) is 1.54. The lowest BCUT2D eigenvalue weighted by Crippen LogP contribution is -2.26. The van der Waals surface area contributed by atoms with Crippen molar-refractivity contribution in [3.05, 3.63) is 59.4 Å². The van der Waals surface area contributed by atoms with Crippen LogP contribution in [-0.4, -0.2) is 31.1 Å². The van der Waals surface area contributed by atoms with E-state index in [4.69, 9.17) is 4.74 Å². The minimum atomic E-state index is -0.245. The van der Waals surface area contributed by atoms with E-state index in [0.717, 1.165) is 17.1 Å². The number of nitrogens with one attached hydrogen (secondary N) is 1. The van der Waals surface area contributed by atoms with E-state index >= 15 is 0 Å². The Morgan fingerprint density at radius 3 is 2.54 bits per heavy atom. The minimum absolute atomic E-state index is 0.0490. The summed E-state index contributed by atoms with van der Waals surface area (Å²) < 4.78 is 18.1. The third-order valence-corrected chi connectivity index (χ3v) is 4.86. The zero-order chi connectivity index (χ0) is 18.9. The third-order valence-electron chi connectivity index (χ3n) is 3.76. The smallest absolute Gasteiger partial charge is 0.224 e. The lowest BCUT2D eigenvalue weighted by molar-refractivity contribution is -0.120. The molecule has 0 saturated carbocycles. The molecule has 0 fully saturated rings. The average molecular weight is 375 g/mol. The number of hydrogen-bond donors (Lipinski definition) is 1. The highest BCUT2D eigenvalue weighted by Crippen LogP contribution is 2.21. The van der Waals surface area contributed by atoms with Crippen molar-refractivity contribution in [2.24, 2.45) is 0 Å². The molecule has 0 radical (unpaired) electrons. The van der Waals surface area contributed by atoms with Crippen molar-refractivity contribution in [1.29, 1.82) is 0 Å². The monoisotopic (exact) mass is 375 g/mol. The molecule has 1 amide bonds. The van der Waals surface area contributed by atoms with Gasteiger partial charge >= 0.3 is 0 Å². The lowest BCUT2D eigenvalue weighted by Gasteiger charge is -2.10. The van der Waals surface area contributed by atoms with E-state index in [2.05, 4.69) is 5.32 Å². The number of amides is 1. The molecule has 0 aliphatic rings. The van der Waals surface area contributed by atoms with Crippen molar-refractivity contribution in [1.82, 2.24) is 5.32 Å². The van der Waals surface area contributed by atoms with Crippen molar-refractivity contribution in [3.63, 3.8) is 0 Å². The summed E-state index contributed by atoms with van der Waals surface area (Å²) in [6.45, 7) is 2.05. The predicted molar refractivity (Wildman–Crippen MR) is 101 cm³/mol. The Bertz CT molecular complexity index is 762. The van der Waals surface area contributed by atoms with Gasteiger partial charge in [0.2, 0.25) is 5.91 Å². The molecule has 1 N–H and O–H groups in total. The maximum absolute atomic E-state index is 12.8. The van der Waals surface area contributed by atoms with Gasteiger partial charge in [-0.15, -0.1) is 11.8 Å². The van der Waals surface area contributed by atoms with Crippen LogP contribution in [0, 0.1) is 5.82 Å². The van der Waals surface area contributed by atoms with Crippen molar-refractivity contribution in [3.8, 4) is 5.75 Å². The molecular weight excluding hydrogens is 353 g/mol. The molecule has 0 spiro atoms. The summed E-state index contributed by atoms with van der Waals surface area (Å²) in [4.78, 5) is 24.6. The van der Waals surface area contributed by atoms with Gasteiger partial charge in [0.25, 0.3) is 0 Å². The summed E-state index contributed by atoms with van der Waals surface area (Å²) in [5.74, 6) is 1.01. The lowest BCUT2D eigenvalue weighted by atomic mass is 10.0. The van der Waals surface area contributed by atoms with Gasteiger partial charge in [-0.3, -0.25) is 9.59 Å². The number of carbonyl (C=O) groups excluding carboxylic acids is 2. The van der Waals surface area contributed by atoms with Crippen LogP contribution < -0.4 is 10.1 Å². The molecule has 0 aliphatic heterocycles. The molecule has 26 heavy (non-hydrogen) atoms. The number of thioether (sulfide) groups is 1. The van der Waals surface area contributed by atoms with Crippen LogP contribution in [-0.2, 0) is 11.2 Å². The molecule has 0 heterocycles. The number of ketones is 1. The molecule has 0 aromatic heterocycles. The molecule has 0 atom stereocenters. The van der Waals surface area contributed by atoms with Crippen LogP contribution in [0.4, 0.5) is 4.39 Å². The first-order valence-corrected chi connectivity index (χ1v) is 9.31. The van der Waals surface area contributed by atoms with Gasteiger partial charge in [0, 0.05) is 22.6 Å². The molecule has 6 heteroatoms. The van der Waals surface area contributed by atoms with Gasteiger partial charge in [-0.05, 0) is 61.6 Å². The zero-order valence-electron chi connectivity index (χ0n) is 14.9. The predicted octanol–water partition coefficient (Wildman–Crippen LogP) is 3.88. The summed E-state index contributed by atoms with van der Waals surface area (Å²) in [6.07, 6.45) is 0.966. The maximum atomic E-state index is 12.8. The van der Waals surface area contributed by atoms with Gasteiger partial charge in [0.15, 0.2) is 5.78 Å². The van der Waals surface area contributed by atoms with E-state index in [0.29, 0.717) is 23.4 Å². The Morgan fingerprint density at radius 1 is 1.15 bits per heavy atom. The van der Waals surface area contributed by atoms with Crippen molar-refractivity contribution < 1.29 is 18.7 Å². The molecule has 138 valence electrons. The van der Waals surface area contributed by atoms with E-state index in [-0.39, 0.29) is 23.9 Å². The number of hydrogen-bond acceptors (Lipinski definition) is 4. The quantitative estimate of drug-likeness (QED) is 0.411. The Labute approximate surface area is 157 Å². The molecular formula is C20H22FNO3S. The normalized spacial score (nSPS) is 10.4. The highest BCUT2D eigenvalue weighted by atomic mass is 32.2. The van der Waals surface area contributed by atoms with E-state index in [1.54, 1.807) is 42.1 Å². The SMILES string of the molecule is COc1ccc(C(C)=O)cc1CC(=O)NCCCSc1ccc(F)cc1. The van der Waals surface area contributed by atoms with E-state index in [9.17, 15) is 14.0 Å². The Hall–Kier alpha value is -2.34. The Balaban J connectivity index is 1.77. The highest BCUT2D eigenvalue weighted by molar-refractivity contribution is 7.99. The van der Waals surface area contributed by atoms with Crippen LogP contribution in [0.2, 0.25) is 0 Å². The van der Waals surface area contributed by atoms with Crippen LogP contribution in [0.3, 0.4) is 0 Å². The Morgan fingerprint density at radius 2 is 1.88 bits per heavy atom. The van der Waals surface area contributed by atoms with Crippen LogP contribution in [0.25, 0.3) is 0 Å². The number of benzene rings is 2. The Kier molecular flexibility index (Phi) is 7.66. The molecule has 0 saturated heterocycles. The van der Waals surface area contributed by atoms with Crippen LogP contribution >= 0.6 is 11.8 Å². The van der Waals surface area contributed by atoms with Gasteiger partial charge in [0.05, 0.1) is 13.5 Å². The molecule has 0 bridgehead atoms. The number of methoxy groups -OCH3 is 1. The standard InChI is InChI=1S/C20H22FNO3S/c1-14(23)15-4-9-19(25-2)16(12-15)13-20(24)22-10-3-11-26-18-7-5-17(21)6-8-18/h4-9,12H,3,10-11,13H2,1-2H3,(H,22,24). The average Bonchev–Trinajstić information content (AvgIpc) is 2.62. The number of halogens is 1. The number of rotatable bonds is 9. The van der Waals surface area contributed by atoms with Crippen LogP contribution in [0.1, 0.15) is 29.3 Å². The van der Waals surface area contributed by atoms with Gasteiger partial charge in [0.1, 0.15) is 11.6 Å². The molecule has 2 aromatic rings. The fourth-order valence-electron chi connectivity index (χ4n) is 2.39. The number of ether oxygens (including phenoxy) is 1. The van der Waals surface area contributed by atoms with Gasteiger partial charge < -0.3 is 10.1 Å². The van der Waals surface area contributed by atoms with E-state index < -0.39 is 0 Å². The largest absolute Gasteiger partial charge is 0.496 e. The topological polar surface area (TPSA) is 55.4 Å². The second-order valence-corrected chi connectivity index (χ2v) is 6.93. The van der Waals surface area contributed by atoms with Gasteiger partial charge in [-0.25, -0.2) is 4.39 Å². The molecule has 2 rings (SSSR count). The molecule has 0 unspecified atom stereocenters. The number of Topliss-reactive ketones (excluding diaryl/α,β-unsaturated/α-hetero) is 1. The summed E-state index contributed by atoms with van der Waals surface area (Å²) in [5.41, 5.74) is 1.25. The molecule has 4 nitrogen and oxygen atoms in total. The second kappa shape index (κ2) is 9.97. The third kappa shape index (κ3) is 6.19. The van der Waals surface area contributed by atoms with E-state index in [1.165, 1.54) is 26.2 Å². The second-order valence-electron chi connectivity index (χ2n) is 5.77. The summed E-state index contributed by atoms with van der Waals surface area (Å²) in [6, 6.07) is 11.5. The number of carbonyl (C=O) groups is 2.